The molecule has 2 aromatic rings. The van der Waals surface area contributed by atoms with Gasteiger partial charge in [-0.05, 0) is 41.5 Å². The van der Waals surface area contributed by atoms with E-state index in [-0.39, 0.29) is 37.4 Å². The fourth-order valence-electron chi connectivity index (χ4n) is 4.64. The average Bonchev–Trinajstić information content (AvgIpc) is 3.10. The van der Waals surface area contributed by atoms with Crippen LogP contribution >= 0.6 is 0 Å². The molecular formula is C24H26N2O5. The van der Waals surface area contributed by atoms with Crippen LogP contribution in [0.5, 0.6) is 0 Å². The molecule has 2 amide bonds. The van der Waals surface area contributed by atoms with Gasteiger partial charge in [0, 0.05) is 18.5 Å². The maximum atomic E-state index is 12.5. The predicted octanol–water partition coefficient (Wildman–Crippen LogP) is 3.38. The largest absolute Gasteiger partial charge is 0.481 e. The van der Waals surface area contributed by atoms with Crippen LogP contribution in [0, 0.1) is 0 Å². The highest BCUT2D eigenvalue weighted by atomic mass is 16.5. The highest BCUT2D eigenvalue weighted by Gasteiger charge is 2.30. The first-order valence-electron chi connectivity index (χ1n) is 10.6. The van der Waals surface area contributed by atoms with Crippen LogP contribution in [0.3, 0.4) is 0 Å². The van der Waals surface area contributed by atoms with Crippen molar-refractivity contribution in [2.45, 2.75) is 37.6 Å². The number of likely N-dealkylation sites (tertiary alicyclic amines) is 1. The second kappa shape index (κ2) is 9.20. The number of aliphatic carboxylic acids is 1. The number of hydrogen-bond donors (Lipinski definition) is 2. The first-order valence-corrected chi connectivity index (χ1v) is 10.6. The lowest BCUT2D eigenvalue weighted by molar-refractivity contribution is -0.141. The molecule has 7 heteroatoms. The molecule has 0 saturated carbocycles. The van der Waals surface area contributed by atoms with Gasteiger partial charge in [0.2, 0.25) is 5.91 Å². The van der Waals surface area contributed by atoms with Crippen molar-refractivity contribution in [2.75, 3.05) is 19.7 Å². The minimum Gasteiger partial charge on any atom is -0.481 e. The molecule has 0 unspecified atom stereocenters. The number of hydrogen-bond acceptors (Lipinski definition) is 4. The fourth-order valence-corrected chi connectivity index (χ4v) is 4.64. The summed E-state index contributed by atoms with van der Waals surface area (Å²) in [5.41, 5.74) is 4.54. The average molecular weight is 422 g/mol. The number of nitrogens with zero attached hydrogens (tertiary/aromatic N) is 1. The minimum absolute atomic E-state index is 0.0455. The number of carboxylic acid groups (broad SMARTS) is 1. The summed E-state index contributed by atoms with van der Waals surface area (Å²) >= 11 is 0. The Morgan fingerprint density at radius 3 is 2.29 bits per heavy atom. The molecule has 31 heavy (non-hydrogen) atoms. The van der Waals surface area contributed by atoms with E-state index in [0.29, 0.717) is 13.0 Å². The number of amides is 2. The van der Waals surface area contributed by atoms with E-state index in [1.165, 1.54) is 0 Å². The second-order valence-electron chi connectivity index (χ2n) is 8.01. The summed E-state index contributed by atoms with van der Waals surface area (Å²) in [4.78, 5) is 37.4. The van der Waals surface area contributed by atoms with Crippen molar-refractivity contribution >= 4 is 18.0 Å². The van der Waals surface area contributed by atoms with E-state index in [2.05, 4.69) is 17.4 Å². The van der Waals surface area contributed by atoms with Crippen molar-refractivity contribution in [3.05, 3.63) is 59.7 Å². The molecule has 1 heterocycles. The van der Waals surface area contributed by atoms with Crippen LogP contribution in [0.4, 0.5) is 4.79 Å². The lowest BCUT2D eigenvalue weighted by atomic mass is 9.98. The summed E-state index contributed by atoms with van der Waals surface area (Å²) in [5.74, 6) is -1.25. The van der Waals surface area contributed by atoms with Gasteiger partial charge in [0.1, 0.15) is 13.2 Å². The molecule has 1 aliphatic heterocycles. The summed E-state index contributed by atoms with van der Waals surface area (Å²) in [6.45, 7) is 0.495. The molecule has 0 bridgehead atoms. The number of carboxylic acids is 1. The summed E-state index contributed by atoms with van der Waals surface area (Å²) in [6, 6.07) is 15.9. The normalized spacial score (nSPS) is 17.5. The number of benzene rings is 2. The molecule has 1 aliphatic carbocycles. The molecule has 4 rings (SSSR count). The number of nitrogens with one attached hydrogen (secondary N) is 1. The van der Waals surface area contributed by atoms with Crippen molar-refractivity contribution in [3.63, 3.8) is 0 Å². The summed E-state index contributed by atoms with van der Waals surface area (Å²) in [6.07, 6.45) is 1.69. The summed E-state index contributed by atoms with van der Waals surface area (Å²) < 4.78 is 5.45. The molecular weight excluding hydrogens is 396 g/mol. The molecule has 1 atom stereocenters. The van der Waals surface area contributed by atoms with Gasteiger partial charge in [0.25, 0.3) is 0 Å². The van der Waals surface area contributed by atoms with Crippen molar-refractivity contribution in [1.29, 1.82) is 0 Å². The van der Waals surface area contributed by atoms with E-state index >= 15 is 0 Å². The third-order valence-electron chi connectivity index (χ3n) is 6.09. The van der Waals surface area contributed by atoms with Gasteiger partial charge in [0.05, 0.1) is 6.42 Å². The van der Waals surface area contributed by atoms with Crippen LogP contribution in [0.25, 0.3) is 11.1 Å². The van der Waals surface area contributed by atoms with Gasteiger partial charge in [-0.2, -0.15) is 0 Å². The molecule has 1 fully saturated rings. The Bertz CT molecular complexity index is 944. The highest BCUT2D eigenvalue weighted by molar-refractivity contribution is 5.83. The molecule has 0 radical (unpaired) electrons. The standard InChI is InChI=1S/C24H26N2O5/c27-22(26-12-6-5-7-16(26)13-23(28)29)14-25-24(30)31-15-21-19-10-3-1-8-17(19)18-9-2-4-11-20(18)21/h1-4,8-11,16,21H,5-7,12-15H2,(H,25,30)(H,28,29)/t16-/m1/s1. The lowest BCUT2D eigenvalue weighted by Gasteiger charge is -2.35. The van der Waals surface area contributed by atoms with Gasteiger partial charge in [-0.1, -0.05) is 48.5 Å². The van der Waals surface area contributed by atoms with E-state index in [1.807, 2.05) is 36.4 Å². The Balaban J connectivity index is 1.33. The maximum Gasteiger partial charge on any atom is 0.407 e. The number of carbonyl (C=O) groups is 3. The number of ether oxygens (including phenoxy) is 1. The molecule has 2 aliphatic rings. The molecule has 2 N–H and O–H groups in total. The van der Waals surface area contributed by atoms with E-state index in [0.717, 1.165) is 35.1 Å². The van der Waals surface area contributed by atoms with E-state index in [4.69, 9.17) is 9.84 Å². The van der Waals surface area contributed by atoms with E-state index in [9.17, 15) is 14.4 Å². The number of rotatable bonds is 6. The van der Waals surface area contributed by atoms with E-state index in [1.54, 1.807) is 4.90 Å². The van der Waals surface area contributed by atoms with Crippen LogP contribution in [0.1, 0.15) is 42.7 Å². The van der Waals surface area contributed by atoms with Crippen LogP contribution in [0.15, 0.2) is 48.5 Å². The monoisotopic (exact) mass is 422 g/mol. The first-order chi connectivity index (χ1) is 15.0. The van der Waals surface area contributed by atoms with E-state index < -0.39 is 12.1 Å². The molecule has 1 saturated heterocycles. The maximum absolute atomic E-state index is 12.5. The number of alkyl carbamates (subject to hydrolysis) is 1. The SMILES string of the molecule is O=C(O)C[C@H]1CCCCN1C(=O)CNC(=O)OCC1c2ccccc2-c2ccccc21. The van der Waals surface area contributed by atoms with Crippen molar-refractivity contribution in [3.8, 4) is 11.1 Å². The van der Waals surface area contributed by atoms with Gasteiger partial charge in [-0.25, -0.2) is 4.79 Å². The molecule has 0 aromatic heterocycles. The highest BCUT2D eigenvalue weighted by Crippen LogP contribution is 2.44. The zero-order valence-electron chi connectivity index (χ0n) is 17.3. The van der Waals surface area contributed by atoms with Gasteiger partial charge in [0.15, 0.2) is 0 Å². The van der Waals surface area contributed by atoms with Crippen LogP contribution in [-0.4, -0.2) is 53.7 Å². The molecule has 0 spiro atoms. The van der Waals surface area contributed by atoms with Crippen molar-refractivity contribution < 1.29 is 24.2 Å². The topological polar surface area (TPSA) is 95.9 Å². The van der Waals surface area contributed by atoms with Crippen molar-refractivity contribution in [1.82, 2.24) is 10.2 Å². The first kappa shape index (κ1) is 20.9. The number of fused-ring (bicyclic) bond motifs is 3. The third kappa shape index (κ3) is 4.55. The predicted molar refractivity (Wildman–Crippen MR) is 115 cm³/mol. The minimum atomic E-state index is -0.922. The van der Waals surface area contributed by atoms with Crippen molar-refractivity contribution in [2.24, 2.45) is 0 Å². The third-order valence-corrected chi connectivity index (χ3v) is 6.09. The Labute approximate surface area is 181 Å². The fraction of sp³-hybridized carbons (Fsp3) is 0.375. The Morgan fingerprint density at radius 2 is 1.65 bits per heavy atom. The quantitative estimate of drug-likeness (QED) is 0.744. The zero-order chi connectivity index (χ0) is 21.8. The zero-order valence-corrected chi connectivity index (χ0v) is 17.3. The smallest absolute Gasteiger partial charge is 0.407 e. The Hall–Kier alpha value is -3.35. The van der Waals surface area contributed by atoms with Gasteiger partial charge >= 0.3 is 12.1 Å². The summed E-state index contributed by atoms with van der Waals surface area (Å²) in [5, 5.41) is 11.6. The Kier molecular flexibility index (Phi) is 6.21. The van der Waals surface area contributed by atoms with Gasteiger partial charge < -0.3 is 20.1 Å². The van der Waals surface area contributed by atoms with Crippen LogP contribution in [0.2, 0.25) is 0 Å². The van der Waals surface area contributed by atoms with Crippen LogP contribution in [-0.2, 0) is 14.3 Å². The number of piperidine rings is 1. The molecule has 162 valence electrons. The lowest BCUT2D eigenvalue weighted by Crippen LogP contribution is -2.48. The van der Waals surface area contributed by atoms with Gasteiger partial charge in [-0.15, -0.1) is 0 Å². The summed E-state index contributed by atoms with van der Waals surface area (Å²) in [7, 11) is 0. The van der Waals surface area contributed by atoms with Crippen LogP contribution < -0.4 is 5.32 Å². The molecule has 7 nitrogen and oxygen atoms in total. The van der Waals surface area contributed by atoms with Gasteiger partial charge in [-0.3, -0.25) is 9.59 Å². The molecule has 2 aromatic carbocycles. The second-order valence-corrected chi connectivity index (χ2v) is 8.01. The Morgan fingerprint density at radius 1 is 1.00 bits per heavy atom. The number of carbonyl (C=O) groups excluding carboxylic acids is 2.